The molecule has 2 heteroatoms. The van der Waals surface area contributed by atoms with Gasteiger partial charge in [0.2, 0.25) is 0 Å². The van der Waals surface area contributed by atoms with E-state index < -0.39 is 0 Å². The molecule has 2 nitrogen and oxygen atoms in total. The molecule has 4 atom stereocenters. The summed E-state index contributed by atoms with van der Waals surface area (Å²) in [5, 5.41) is 0. The summed E-state index contributed by atoms with van der Waals surface area (Å²) in [6, 6.07) is 0. The minimum atomic E-state index is 0.0561. The average molecular weight is 190 g/mol. The maximum atomic E-state index is 11.7. The number of carbonyl (C=O) groups is 1. The minimum Gasteiger partial charge on any atom is -0.500 e. The Morgan fingerprint density at radius 1 is 1.57 bits per heavy atom. The van der Waals surface area contributed by atoms with Gasteiger partial charge in [-0.25, -0.2) is 0 Å². The van der Waals surface area contributed by atoms with Gasteiger partial charge in [0.05, 0.1) is 7.11 Å². The van der Waals surface area contributed by atoms with Crippen LogP contribution in [0.2, 0.25) is 0 Å². The molecule has 0 bridgehead atoms. The van der Waals surface area contributed by atoms with Crippen LogP contribution in [0.5, 0.6) is 0 Å². The lowest BCUT2D eigenvalue weighted by molar-refractivity contribution is -0.119. The van der Waals surface area contributed by atoms with Crippen molar-refractivity contribution in [3.05, 3.63) is 24.0 Å². The fourth-order valence-electron chi connectivity index (χ4n) is 3.62. The van der Waals surface area contributed by atoms with Crippen LogP contribution in [0.15, 0.2) is 24.0 Å². The summed E-state index contributed by atoms with van der Waals surface area (Å²) < 4.78 is 5.43. The zero-order valence-corrected chi connectivity index (χ0v) is 8.49. The molecule has 0 saturated heterocycles. The topological polar surface area (TPSA) is 26.3 Å². The molecule has 0 N–H and O–H groups in total. The van der Waals surface area contributed by atoms with Crippen LogP contribution in [0.25, 0.3) is 0 Å². The van der Waals surface area contributed by atoms with Crippen LogP contribution >= 0.6 is 0 Å². The van der Waals surface area contributed by atoms with Crippen molar-refractivity contribution in [2.45, 2.75) is 13.3 Å². The van der Waals surface area contributed by atoms with Gasteiger partial charge in [0, 0.05) is 23.7 Å². The third kappa shape index (κ3) is 0.646. The van der Waals surface area contributed by atoms with E-state index >= 15 is 0 Å². The van der Waals surface area contributed by atoms with E-state index in [4.69, 9.17) is 4.74 Å². The fourth-order valence-corrected chi connectivity index (χ4v) is 3.62. The predicted octanol–water partition coefficient (Wildman–Crippen LogP) is 1.93. The van der Waals surface area contributed by atoms with Crippen molar-refractivity contribution < 1.29 is 9.53 Å². The first-order valence-corrected chi connectivity index (χ1v) is 5.18. The molecular weight excluding hydrogens is 176 g/mol. The second-order valence-corrected chi connectivity index (χ2v) is 4.63. The van der Waals surface area contributed by atoms with Crippen molar-refractivity contribution in [3.8, 4) is 0 Å². The highest BCUT2D eigenvalue weighted by Gasteiger charge is 2.75. The number of hydrogen-bond acceptors (Lipinski definition) is 2. The molecule has 3 aliphatic carbocycles. The molecule has 2 saturated carbocycles. The second kappa shape index (κ2) is 2.30. The van der Waals surface area contributed by atoms with Crippen molar-refractivity contribution in [2.75, 3.05) is 7.11 Å². The predicted molar refractivity (Wildman–Crippen MR) is 52.4 cm³/mol. The van der Waals surface area contributed by atoms with Gasteiger partial charge in [-0.15, -0.1) is 0 Å². The third-order valence-corrected chi connectivity index (χ3v) is 4.20. The molecular formula is C12H14O2. The Bertz CT molecular complexity index is 367. The zero-order valence-electron chi connectivity index (χ0n) is 8.49. The van der Waals surface area contributed by atoms with E-state index in [9.17, 15) is 4.79 Å². The second-order valence-electron chi connectivity index (χ2n) is 4.63. The van der Waals surface area contributed by atoms with E-state index in [1.807, 2.05) is 12.2 Å². The molecule has 0 aromatic rings. The normalized spacial score (nSPS) is 48.3. The molecule has 0 aromatic heterocycles. The van der Waals surface area contributed by atoms with E-state index in [0.717, 1.165) is 12.2 Å². The van der Waals surface area contributed by atoms with Crippen molar-refractivity contribution in [3.63, 3.8) is 0 Å². The Labute approximate surface area is 83.6 Å². The SMILES string of the molecule is COC1=CC=C[C@@H]2[C@H]3C(=O)C[C@@H](C)C123. The van der Waals surface area contributed by atoms with E-state index in [1.54, 1.807) is 7.11 Å². The number of fused-ring (bicyclic) bond motifs is 1. The lowest BCUT2D eigenvalue weighted by atomic mass is 9.84. The standard InChI is InChI=1S/C12H14O2/c1-7-6-9(13)11-8-4-3-5-10(14-2)12(7,8)11/h3-5,7-8,11H,6H2,1-2H3/t7-,8-,11+,12?/m1/s1. The molecule has 1 unspecified atom stereocenters. The lowest BCUT2D eigenvalue weighted by Crippen LogP contribution is -2.18. The third-order valence-electron chi connectivity index (χ3n) is 4.20. The molecule has 1 spiro atoms. The summed E-state index contributed by atoms with van der Waals surface area (Å²) in [7, 11) is 1.71. The summed E-state index contributed by atoms with van der Waals surface area (Å²) in [6.45, 7) is 2.17. The van der Waals surface area contributed by atoms with Crippen molar-refractivity contribution >= 4 is 5.78 Å². The number of allylic oxidation sites excluding steroid dienone is 4. The Hall–Kier alpha value is -1.05. The Kier molecular flexibility index (Phi) is 1.36. The summed E-state index contributed by atoms with van der Waals surface area (Å²) in [6.07, 6.45) is 6.94. The van der Waals surface area contributed by atoms with Crippen LogP contribution in [-0.4, -0.2) is 12.9 Å². The molecule has 3 rings (SSSR count). The number of Topliss-reactive ketones (excluding diaryl/α,β-unsaturated/α-hetero) is 1. The summed E-state index contributed by atoms with van der Waals surface area (Å²) in [5.41, 5.74) is 0.0561. The largest absolute Gasteiger partial charge is 0.500 e. The van der Waals surface area contributed by atoms with E-state index in [1.165, 1.54) is 0 Å². The summed E-state index contributed by atoms with van der Waals surface area (Å²) in [4.78, 5) is 11.7. The lowest BCUT2D eigenvalue weighted by Gasteiger charge is -2.24. The first-order valence-electron chi connectivity index (χ1n) is 5.18. The Morgan fingerprint density at radius 2 is 2.36 bits per heavy atom. The first kappa shape index (κ1) is 8.27. The Balaban J connectivity index is 2.09. The van der Waals surface area contributed by atoms with Crippen LogP contribution in [0.1, 0.15) is 13.3 Å². The average Bonchev–Trinajstić information content (AvgIpc) is 2.80. The molecule has 0 amide bonds. The molecule has 14 heavy (non-hydrogen) atoms. The number of hydrogen-bond donors (Lipinski definition) is 0. The zero-order chi connectivity index (χ0) is 9.92. The highest BCUT2D eigenvalue weighted by atomic mass is 16.5. The summed E-state index contributed by atoms with van der Waals surface area (Å²) >= 11 is 0. The van der Waals surface area contributed by atoms with E-state index in [-0.39, 0.29) is 11.3 Å². The van der Waals surface area contributed by atoms with Gasteiger partial charge in [-0.2, -0.15) is 0 Å². The van der Waals surface area contributed by atoms with Crippen LogP contribution in [0.4, 0.5) is 0 Å². The molecule has 2 fully saturated rings. The molecule has 0 radical (unpaired) electrons. The van der Waals surface area contributed by atoms with Gasteiger partial charge in [0.15, 0.2) is 0 Å². The fraction of sp³-hybridized carbons (Fsp3) is 0.583. The van der Waals surface area contributed by atoms with Crippen LogP contribution in [0.3, 0.4) is 0 Å². The maximum absolute atomic E-state index is 11.7. The highest BCUT2D eigenvalue weighted by molar-refractivity contribution is 5.91. The van der Waals surface area contributed by atoms with Crippen molar-refractivity contribution in [1.29, 1.82) is 0 Å². The number of carbonyl (C=O) groups excluding carboxylic acids is 1. The Morgan fingerprint density at radius 3 is 3.07 bits per heavy atom. The molecule has 0 aromatic carbocycles. The van der Waals surface area contributed by atoms with Gasteiger partial charge in [-0.05, 0) is 12.0 Å². The van der Waals surface area contributed by atoms with Crippen LogP contribution in [-0.2, 0) is 9.53 Å². The van der Waals surface area contributed by atoms with Gasteiger partial charge < -0.3 is 4.74 Å². The van der Waals surface area contributed by atoms with Gasteiger partial charge >= 0.3 is 0 Å². The van der Waals surface area contributed by atoms with Crippen LogP contribution < -0.4 is 0 Å². The smallest absolute Gasteiger partial charge is 0.137 e. The minimum absolute atomic E-state index is 0.0561. The highest BCUT2D eigenvalue weighted by Crippen LogP contribution is 2.74. The molecule has 3 aliphatic rings. The maximum Gasteiger partial charge on any atom is 0.137 e. The quantitative estimate of drug-likeness (QED) is 0.631. The van der Waals surface area contributed by atoms with Gasteiger partial charge in [-0.1, -0.05) is 19.1 Å². The van der Waals surface area contributed by atoms with E-state index in [0.29, 0.717) is 17.6 Å². The number of ether oxygens (including phenoxy) is 1. The van der Waals surface area contributed by atoms with E-state index in [2.05, 4.69) is 13.0 Å². The molecule has 0 aliphatic heterocycles. The number of methoxy groups -OCH3 is 1. The van der Waals surface area contributed by atoms with Gasteiger partial charge in [-0.3, -0.25) is 4.79 Å². The molecule has 0 heterocycles. The molecule has 74 valence electrons. The van der Waals surface area contributed by atoms with Crippen LogP contribution in [0, 0.1) is 23.2 Å². The monoisotopic (exact) mass is 190 g/mol. The summed E-state index contributed by atoms with van der Waals surface area (Å²) in [5.74, 6) is 2.55. The number of rotatable bonds is 1. The van der Waals surface area contributed by atoms with Crippen molar-refractivity contribution in [2.24, 2.45) is 23.2 Å². The van der Waals surface area contributed by atoms with Crippen molar-refractivity contribution in [1.82, 2.24) is 0 Å². The first-order chi connectivity index (χ1) is 6.72. The number of ketones is 1. The van der Waals surface area contributed by atoms with Gasteiger partial charge in [0.25, 0.3) is 0 Å². The van der Waals surface area contributed by atoms with Gasteiger partial charge in [0.1, 0.15) is 11.5 Å².